The minimum atomic E-state index is -4.68. The summed E-state index contributed by atoms with van der Waals surface area (Å²) >= 11 is 0. The van der Waals surface area contributed by atoms with Crippen molar-refractivity contribution in [2.24, 2.45) is 0 Å². The first-order valence-electron chi connectivity index (χ1n) is 4.26. The lowest BCUT2D eigenvalue weighted by Crippen LogP contribution is -2.09. The Hall–Kier alpha value is -2.29. The van der Waals surface area contributed by atoms with E-state index in [2.05, 4.69) is 0 Å². The molecule has 0 saturated heterocycles. The van der Waals surface area contributed by atoms with Crippen molar-refractivity contribution < 1.29 is 27.9 Å². The maximum atomic E-state index is 12.5. The lowest BCUT2D eigenvalue weighted by Gasteiger charge is -2.09. The fourth-order valence-electron chi connectivity index (χ4n) is 1.11. The number of hydrogen-bond donors (Lipinski definition) is 1. The number of aliphatic carboxylic acids is 1. The molecule has 0 bridgehead atoms. The van der Waals surface area contributed by atoms with Gasteiger partial charge in [-0.15, -0.1) is 0 Å². The van der Waals surface area contributed by atoms with Crippen LogP contribution in [0, 0.1) is 11.8 Å². The van der Waals surface area contributed by atoms with Crippen molar-refractivity contribution in [2.45, 2.75) is 6.18 Å². The first-order valence-corrected chi connectivity index (χ1v) is 4.26. The molecule has 0 radical (unpaired) electrons. The van der Waals surface area contributed by atoms with Crippen LogP contribution >= 0.6 is 0 Å². The Morgan fingerprint density at radius 2 is 2.00 bits per heavy atom. The van der Waals surface area contributed by atoms with Crippen LogP contribution in [0.4, 0.5) is 13.2 Å². The van der Waals surface area contributed by atoms with Gasteiger partial charge in [-0.25, -0.2) is 4.79 Å². The average molecular weight is 242 g/mol. The molecule has 1 N–H and O–H groups in total. The first-order chi connectivity index (χ1) is 7.84. The smallest absolute Gasteiger partial charge is 0.417 e. The maximum Gasteiger partial charge on any atom is 0.417 e. The molecular formula is C11H5F3O3. The SMILES string of the molecule is O=Cc1ccc(C#CC(=O)O)cc1C(F)(F)F. The van der Waals surface area contributed by atoms with Gasteiger partial charge >= 0.3 is 12.1 Å². The zero-order valence-corrected chi connectivity index (χ0v) is 8.21. The van der Waals surface area contributed by atoms with Crippen LogP contribution in [0.1, 0.15) is 21.5 Å². The second-order valence-electron chi connectivity index (χ2n) is 2.97. The van der Waals surface area contributed by atoms with E-state index in [1.165, 1.54) is 0 Å². The lowest BCUT2D eigenvalue weighted by molar-refractivity contribution is -0.137. The van der Waals surface area contributed by atoms with Gasteiger partial charge in [0.15, 0.2) is 6.29 Å². The second-order valence-corrected chi connectivity index (χ2v) is 2.97. The Bertz CT molecular complexity index is 521. The van der Waals surface area contributed by atoms with E-state index >= 15 is 0 Å². The Morgan fingerprint density at radius 1 is 1.35 bits per heavy atom. The highest BCUT2D eigenvalue weighted by atomic mass is 19.4. The highest BCUT2D eigenvalue weighted by molar-refractivity contribution is 5.87. The minimum absolute atomic E-state index is 0.0806. The Labute approximate surface area is 93.9 Å². The van der Waals surface area contributed by atoms with E-state index in [4.69, 9.17) is 5.11 Å². The Morgan fingerprint density at radius 3 is 2.47 bits per heavy atom. The highest BCUT2D eigenvalue weighted by Gasteiger charge is 2.33. The summed E-state index contributed by atoms with van der Waals surface area (Å²) in [5, 5.41) is 8.25. The molecule has 6 heteroatoms. The van der Waals surface area contributed by atoms with Crippen LogP contribution < -0.4 is 0 Å². The van der Waals surface area contributed by atoms with E-state index in [9.17, 15) is 22.8 Å². The third-order valence-corrected chi connectivity index (χ3v) is 1.80. The first kappa shape index (κ1) is 12.8. The van der Waals surface area contributed by atoms with Crippen molar-refractivity contribution >= 4 is 12.3 Å². The van der Waals surface area contributed by atoms with Crippen molar-refractivity contribution in [1.29, 1.82) is 0 Å². The number of carbonyl (C=O) groups excluding carboxylic acids is 1. The number of carboxylic acid groups (broad SMARTS) is 1. The van der Waals surface area contributed by atoms with Crippen LogP contribution in [0.2, 0.25) is 0 Å². The summed E-state index contributed by atoms with van der Waals surface area (Å²) in [5.41, 5.74) is -1.77. The van der Waals surface area contributed by atoms with Crippen molar-refractivity contribution in [2.75, 3.05) is 0 Å². The van der Waals surface area contributed by atoms with Gasteiger partial charge in [0.1, 0.15) is 0 Å². The van der Waals surface area contributed by atoms with Crippen molar-refractivity contribution in [1.82, 2.24) is 0 Å². The van der Waals surface area contributed by atoms with Gasteiger partial charge in [-0.05, 0) is 18.2 Å². The largest absolute Gasteiger partial charge is 0.472 e. The van der Waals surface area contributed by atoms with E-state index < -0.39 is 23.3 Å². The van der Waals surface area contributed by atoms with Gasteiger partial charge in [0.2, 0.25) is 0 Å². The molecule has 0 unspecified atom stereocenters. The number of halogens is 3. The lowest BCUT2D eigenvalue weighted by atomic mass is 10.0. The third-order valence-electron chi connectivity index (χ3n) is 1.80. The van der Waals surface area contributed by atoms with E-state index in [0.29, 0.717) is 6.07 Å². The Kier molecular flexibility index (Phi) is 3.53. The third kappa shape index (κ3) is 3.34. The molecule has 17 heavy (non-hydrogen) atoms. The Balaban J connectivity index is 3.29. The zero-order valence-electron chi connectivity index (χ0n) is 8.21. The zero-order chi connectivity index (χ0) is 13.1. The number of alkyl halides is 3. The van der Waals surface area contributed by atoms with E-state index in [-0.39, 0.29) is 11.8 Å². The van der Waals surface area contributed by atoms with E-state index in [1.807, 2.05) is 5.92 Å². The van der Waals surface area contributed by atoms with Crippen molar-refractivity contribution in [3.8, 4) is 11.8 Å². The molecule has 0 spiro atoms. The summed E-state index contributed by atoms with van der Waals surface area (Å²) in [6.07, 6.45) is -4.60. The molecule has 0 aliphatic heterocycles. The van der Waals surface area contributed by atoms with Crippen LogP contribution in [-0.4, -0.2) is 17.4 Å². The topological polar surface area (TPSA) is 54.4 Å². The van der Waals surface area contributed by atoms with Gasteiger partial charge in [0.05, 0.1) is 5.56 Å². The molecule has 0 fully saturated rings. The molecule has 3 nitrogen and oxygen atoms in total. The van der Waals surface area contributed by atoms with Gasteiger partial charge in [-0.1, -0.05) is 5.92 Å². The quantitative estimate of drug-likeness (QED) is 0.605. The number of benzene rings is 1. The van der Waals surface area contributed by atoms with Crippen molar-refractivity contribution in [3.05, 3.63) is 34.9 Å². The van der Waals surface area contributed by atoms with Crippen LogP contribution in [0.3, 0.4) is 0 Å². The predicted molar refractivity (Wildman–Crippen MR) is 51.3 cm³/mol. The normalized spacial score (nSPS) is 10.3. The van der Waals surface area contributed by atoms with Crippen LogP contribution in [0.15, 0.2) is 18.2 Å². The molecule has 1 aromatic rings. The number of carboxylic acids is 1. The summed E-state index contributed by atoms with van der Waals surface area (Å²) in [7, 11) is 0. The average Bonchev–Trinajstić information content (AvgIpc) is 2.24. The number of aldehydes is 1. The van der Waals surface area contributed by atoms with Crippen LogP contribution in [0.25, 0.3) is 0 Å². The predicted octanol–water partition coefficient (Wildman–Crippen LogP) is 1.95. The molecule has 1 aromatic carbocycles. The standard InChI is InChI=1S/C11H5F3O3/c12-11(13,14)9-5-7(2-4-10(16)17)1-3-8(9)6-15/h1,3,5-6H,(H,16,17). The summed E-state index contributed by atoms with van der Waals surface area (Å²) in [6, 6.07) is 2.73. The van der Waals surface area contributed by atoms with E-state index in [1.54, 1.807) is 5.92 Å². The fourth-order valence-corrected chi connectivity index (χ4v) is 1.11. The van der Waals surface area contributed by atoms with Crippen molar-refractivity contribution in [3.63, 3.8) is 0 Å². The van der Waals surface area contributed by atoms with Crippen LogP contribution in [-0.2, 0) is 11.0 Å². The molecule has 0 atom stereocenters. The summed E-state index contributed by atoms with van der Waals surface area (Å²) in [4.78, 5) is 20.5. The molecule has 0 aliphatic carbocycles. The molecule has 0 saturated carbocycles. The van der Waals surface area contributed by atoms with Crippen LogP contribution in [0.5, 0.6) is 0 Å². The monoisotopic (exact) mass is 242 g/mol. The molecular weight excluding hydrogens is 237 g/mol. The minimum Gasteiger partial charge on any atom is -0.472 e. The fraction of sp³-hybridized carbons (Fsp3) is 0.0909. The highest BCUT2D eigenvalue weighted by Crippen LogP contribution is 2.31. The van der Waals surface area contributed by atoms with Gasteiger partial charge in [-0.3, -0.25) is 4.79 Å². The molecule has 0 amide bonds. The second kappa shape index (κ2) is 4.70. The molecule has 0 aromatic heterocycles. The summed E-state index contributed by atoms with van der Waals surface area (Å²) < 4.78 is 37.5. The maximum absolute atomic E-state index is 12.5. The van der Waals surface area contributed by atoms with Gasteiger partial charge < -0.3 is 5.11 Å². The molecule has 88 valence electrons. The molecule has 0 aliphatic rings. The van der Waals surface area contributed by atoms with Gasteiger partial charge in [0.25, 0.3) is 0 Å². The molecule has 1 rings (SSSR count). The van der Waals surface area contributed by atoms with Gasteiger partial charge in [-0.2, -0.15) is 13.2 Å². The summed E-state index contributed by atoms with van der Waals surface area (Å²) in [6.45, 7) is 0. The molecule has 0 heterocycles. The van der Waals surface area contributed by atoms with E-state index in [0.717, 1.165) is 12.1 Å². The number of rotatable bonds is 1. The summed E-state index contributed by atoms with van der Waals surface area (Å²) in [5.74, 6) is 2.29. The number of carbonyl (C=O) groups is 2. The van der Waals surface area contributed by atoms with Gasteiger partial charge in [0, 0.05) is 17.0 Å². The number of hydrogen-bond acceptors (Lipinski definition) is 2.